The molecule has 0 radical (unpaired) electrons. The average molecular weight is 262 g/mol. The van der Waals surface area contributed by atoms with Crippen LogP contribution in [0.4, 0.5) is 0 Å². The number of likely N-dealkylation sites (N-methyl/N-ethyl adjacent to an activating group) is 1. The monoisotopic (exact) mass is 262 g/mol. The number of piperidine rings is 1. The smallest absolute Gasteiger partial charge is 0.215 e. The molecule has 0 spiro atoms. The molecule has 2 rings (SSSR count). The summed E-state index contributed by atoms with van der Waals surface area (Å²) < 4.78 is 31.2. The highest BCUT2D eigenvalue weighted by molar-refractivity contribution is 7.89. The molecule has 0 amide bonds. The third-order valence-electron chi connectivity index (χ3n) is 3.68. The van der Waals surface area contributed by atoms with Gasteiger partial charge in [-0.3, -0.25) is 0 Å². The van der Waals surface area contributed by atoms with E-state index in [1.807, 2.05) is 0 Å². The van der Waals surface area contributed by atoms with Gasteiger partial charge < -0.3 is 10.1 Å². The van der Waals surface area contributed by atoms with Crippen LogP contribution in [-0.2, 0) is 14.8 Å². The molecule has 2 aliphatic rings. The SMILES string of the molecule is CN(C1CCOC1)S(=O)(=O)CC1CCCCN1. The predicted molar refractivity (Wildman–Crippen MR) is 66.4 cm³/mol. The fourth-order valence-corrected chi connectivity index (χ4v) is 4.12. The van der Waals surface area contributed by atoms with E-state index in [-0.39, 0.29) is 17.8 Å². The molecule has 0 aliphatic carbocycles. The average Bonchev–Trinajstić information content (AvgIpc) is 2.82. The van der Waals surface area contributed by atoms with Crippen LogP contribution in [0.1, 0.15) is 25.7 Å². The normalized spacial score (nSPS) is 30.9. The van der Waals surface area contributed by atoms with Gasteiger partial charge in [-0.1, -0.05) is 6.42 Å². The quantitative estimate of drug-likeness (QED) is 0.785. The van der Waals surface area contributed by atoms with Gasteiger partial charge in [-0.25, -0.2) is 8.42 Å². The second kappa shape index (κ2) is 5.65. The summed E-state index contributed by atoms with van der Waals surface area (Å²) >= 11 is 0. The molecule has 0 aromatic rings. The first kappa shape index (κ1) is 13.3. The fraction of sp³-hybridized carbons (Fsp3) is 1.00. The maximum atomic E-state index is 12.2. The van der Waals surface area contributed by atoms with Crippen LogP contribution in [0.15, 0.2) is 0 Å². The first-order chi connectivity index (χ1) is 8.09. The van der Waals surface area contributed by atoms with E-state index in [2.05, 4.69) is 5.32 Å². The Hall–Kier alpha value is -0.170. The van der Waals surface area contributed by atoms with Crippen LogP contribution in [-0.4, -0.2) is 57.4 Å². The van der Waals surface area contributed by atoms with Crippen LogP contribution >= 0.6 is 0 Å². The molecule has 17 heavy (non-hydrogen) atoms. The summed E-state index contributed by atoms with van der Waals surface area (Å²) in [5.41, 5.74) is 0. The summed E-state index contributed by atoms with van der Waals surface area (Å²) in [6, 6.07) is 0.155. The summed E-state index contributed by atoms with van der Waals surface area (Å²) in [6.07, 6.45) is 4.06. The lowest BCUT2D eigenvalue weighted by Crippen LogP contribution is -2.46. The molecule has 5 nitrogen and oxygen atoms in total. The van der Waals surface area contributed by atoms with E-state index >= 15 is 0 Å². The van der Waals surface area contributed by atoms with E-state index < -0.39 is 10.0 Å². The van der Waals surface area contributed by atoms with Crippen molar-refractivity contribution >= 4 is 10.0 Å². The molecule has 6 heteroatoms. The van der Waals surface area contributed by atoms with E-state index in [0.29, 0.717) is 13.2 Å². The summed E-state index contributed by atoms with van der Waals surface area (Å²) in [5.74, 6) is 0.222. The Morgan fingerprint density at radius 2 is 2.18 bits per heavy atom. The third kappa shape index (κ3) is 3.40. The number of hydrogen-bond donors (Lipinski definition) is 1. The van der Waals surface area contributed by atoms with E-state index in [0.717, 1.165) is 32.2 Å². The maximum absolute atomic E-state index is 12.2. The van der Waals surface area contributed by atoms with Gasteiger partial charge in [0.15, 0.2) is 0 Å². The van der Waals surface area contributed by atoms with Crippen molar-refractivity contribution in [2.75, 3.05) is 32.6 Å². The van der Waals surface area contributed by atoms with Crippen molar-refractivity contribution in [2.45, 2.75) is 37.8 Å². The van der Waals surface area contributed by atoms with E-state index in [4.69, 9.17) is 4.74 Å². The number of ether oxygens (including phenoxy) is 1. The van der Waals surface area contributed by atoms with Crippen LogP contribution in [0.5, 0.6) is 0 Å². The highest BCUT2D eigenvalue weighted by Gasteiger charge is 2.31. The van der Waals surface area contributed by atoms with Gasteiger partial charge in [0, 0.05) is 19.7 Å². The first-order valence-electron chi connectivity index (χ1n) is 6.36. The zero-order valence-electron chi connectivity index (χ0n) is 10.4. The molecular formula is C11H22N2O3S. The molecule has 0 aromatic carbocycles. The van der Waals surface area contributed by atoms with Crippen molar-refractivity contribution in [3.63, 3.8) is 0 Å². The second-order valence-electron chi connectivity index (χ2n) is 4.96. The zero-order valence-corrected chi connectivity index (χ0v) is 11.2. The molecule has 100 valence electrons. The summed E-state index contributed by atoms with van der Waals surface area (Å²) in [7, 11) is -1.47. The topological polar surface area (TPSA) is 58.6 Å². The van der Waals surface area contributed by atoms with Gasteiger partial charge >= 0.3 is 0 Å². The van der Waals surface area contributed by atoms with Gasteiger partial charge in [-0.15, -0.1) is 0 Å². The number of hydrogen-bond acceptors (Lipinski definition) is 4. The van der Waals surface area contributed by atoms with Crippen molar-refractivity contribution in [3.05, 3.63) is 0 Å². The molecule has 0 saturated carbocycles. The van der Waals surface area contributed by atoms with Crippen LogP contribution in [0.3, 0.4) is 0 Å². The predicted octanol–water partition coefficient (Wildman–Crippen LogP) is 0.179. The Kier molecular flexibility index (Phi) is 4.41. The molecule has 2 unspecified atom stereocenters. The van der Waals surface area contributed by atoms with Gasteiger partial charge in [-0.05, 0) is 25.8 Å². The molecule has 0 bridgehead atoms. The van der Waals surface area contributed by atoms with Crippen LogP contribution < -0.4 is 5.32 Å². The minimum atomic E-state index is -3.15. The highest BCUT2D eigenvalue weighted by Crippen LogP contribution is 2.17. The van der Waals surface area contributed by atoms with Crippen molar-refractivity contribution in [1.29, 1.82) is 0 Å². The number of sulfonamides is 1. The molecule has 2 saturated heterocycles. The van der Waals surface area contributed by atoms with Crippen LogP contribution in [0, 0.1) is 0 Å². The van der Waals surface area contributed by atoms with E-state index in [9.17, 15) is 8.42 Å². The molecule has 2 atom stereocenters. The van der Waals surface area contributed by atoms with Gasteiger partial charge in [0.2, 0.25) is 10.0 Å². The van der Waals surface area contributed by atoms with E-state index in [1.54, 1.807) is 7.05 Å². The van der Waals surface area contributed by atoms with Gasteiger partial charge in [0.1, 0.15) is 0 Å². The molecule has 0 aromatic heterocycles. The lowest BCUT2D eigenvalue weighted by atomic mass is 10.1. The Bertz CT molecular complexity index is 333. The Balaban J connectivity index is 1.92. The highest BCUT2D eigenvalue weighted by atomic mass is 32.2. The molecule has 2 fully saturated rings. The largest absolute Gasteiger partial charge is 0.380 e. The summed E-state index contributed by atoms with van der Waals surface area (Å²) in [4.78, 5) is 0. The Morgan fingerprint density at radius 1 is 1.35 bits per heavy atom. The first-order valence-corrected chi connectivity index (χ1v) is 7.97. The van der Waals surface area contributed by atoms with Crippen LogP contribution in [0.25, 0.3) is 0 Å². The number of nitrogens with zero attached hydrogens (tertiary/aromatic N) is 1. The Morgan fingerprint density at radius 3 is 2.76 bits per heavy atom. The fourth-order valence-electron chi connectivity index (χ4n) is 2.47. The van der Waals surface area contributed by atoms with Crippen molar-refractivity contribution in [2.24, 2.45) is 0 Å². The van der Waals surface area contributed by atoms with Crippen LogP contribution in [0.2, 0.25) is 0 Å². The lowest BCUT2D eigenvalue weighted by molar-refractivity contribution is 0.180. The summed E-state index contributed by atoms with van der Waals surface area (Å²) in [6.45, 7) is 2.15. The van der Waals surface area contributed by atoms with Gasteiger partial charge in [0.05, 0.1) is 18.4 Å². The molecule has 2 aliphatic heterocycles. The standard InChI is InChI=1S/C11H22N2O3S/c1-13(11-5-7-16-8-11)17(14,15)9-10-4-2-3-6-12-10/h10-12H,2-9H2,1H3. The zero-order chi connectivity index (χ0) is 12.3. The minimum Gasteiger partial charge on any atom is -0.380 e. The van der Waals surface area contributed by atoms with Gasteiger partial charge in [-0.2, -0.15) is 4.31 Å². The Labute approximate surface area is 104 Å². The lowest BCUT2D eigenvalue weighted by Gasteiger charge is -2.28. The molecular weight excluding hydrogens is 240 g/mol. The van der Waals surface area contributed by atoms with Crippen molar-refractivity contribution in [3.8, 4) is 0 Å². The van der Waals surface area contributed by atoms with Crippen molar-refractivity contribution < 1.29 is 13.2 Å². The third-order valence-corrected chi connectivity index (χ3v) is 5.68. The maximum Gasteiger partial charge on any atom is 0.215 e. The number of nitrogens with one attached hydrogen (secondary N) is 1. The van der Waals surface area contributed by atoms with Gasteiger partial charge in [0.25, 0.3) is 0 Å². The summed E-state index contributed by atoms with van der Waals surface area (Å²) in [5, 5.41) is 3.28. The second-order valence-corrected chi connectivity index (χ2v) is 7.03. The molecule has 2 heterocycles. The van der Waals surface area contributed by atoms with E-state index in [1.165, 1.54) is 4.31 Å². The molecule has 1 N–H and O–H groups in total. The van der Waals surface area contributed by atoms with Crippen molar-refractivity contribution in [1.82, 2.24) is 9.62 Å². The minimum absolute atomic E-state index is 0.0311. The number of rotatable bonds is 4.